The fourth-order valence-corrected chi connectivity index (χ4v) is 2.97. The van der Waals surface area contributed by atoms with E-state index in [0.717, 1.165) is 25.7 Å². The molecule has 1 aromatic carbocycles. The summed E-state index contributed by atoms with van der Waals surface area (Å²) in [6.07, 6.45) is 3.42. The van der Waals surface area contributed by atoms with Crippen molar-refractivity contribution in [1.82, 2.24) is 5.32 Å². The molecule has 1 aliphatic carbocycles. The average Bonchev–Trinajstić information content (AvgIpc) is 2.44. The first kappa shape index (κ1) is 15.9. The van der Waals surface area contributed by atoms with Gasteiger partial charge in [-0.1, -0.05) is 25.2 Å². The zero-order chi connectivity index (χ0) is 15.6. The van der Waals surface area contributed by atoms with E-state index in [1.54, 1.807) is 19.1 Å². The van der Waals surface area contributed by atoms with Crippen molar-refractivity contribution in [3.8, 4) is 0 Å². The number of benzene rings is 1. The molecular formula is C16H21FN2OS. The smallest absolute Gasteiger partial charge is 0.252 e. The largest absolute Gasteiger partial charge is 0.391 e. The summed E-state index contributed by atoms with van der Waals surface area (Å²) >= 11 is 5.17. The Hall–Kier alpha value is -1.49. The maximum atomic E-state index is 13.6. The lowest BCUT2D eigenvalue weighted by molar-refractivity contribution is 0.0900. The monoisotopic (exact) mass is 308 g/mol. The summed E-state index contributed by atoms with van der Waals surface area (Å²) in [4.78, 5) is 12.7. The van der Waals surface area contributed by atoms with Gasteiger partial charge >= 0.3 is 0 Å². The molecule has 0 spiro atoms. The summed E-state index contributed by atoms with van der Waals surface area (Å²) in [6.45, 7) is 3.84. The molecule has 0 radical (unpaired) electrons. The molecular weight excluding hydrogens is 287 g/mol. The van der Waals surface area contributed by atoms with Crippen LogP contribution in [-0.2, 0) is 0 Å². The number of hydrogen-bond donors (Lipinski definition) is 2. The number of hydrogen-bond acceptors (Lipinski definition) is 2. The Balaban J connectivity index is 2.19. The van der Waals surface area contributed by atoms with Gasteiger partial charge in [-0.25, -0.2) is 4.39 Å². The molecule has 0 saturated heterocycles. The third-order valence-corrected chi connectivity index (χ3v) is 4.78. The molecule has 1 saturated carbocycles. The molecule has 0 heterocycles. The van der Waals surface area contributed by atoms with Gasteiger partial charge in [-0.2, -0.15) is 0 Å². The average molecular weight is 308 g/mol. The van der Waals surface area contributed by atoms with Gasteiger partial charge in [0.05, 0.1) is 10.5 Å². The van der Waals surface area contributed by atoms with E-state index >= 15 is 0 Å². The number of carbonyl (C=O) groups is 1. The van der Waals surface area contributed by atoms with E-state index in [9.17, 15) is 9.18 Å². The Labute approximate surface area is 130 Å². The lowest BCUT2D eigenvalue weighted by atomic mass is 9.77. The number of nitrogens with two attached hydrogens (primary N) is 1. The summed E-state index contributed by atoms with van der Waals surface area (Å²) in [6, 6.07) is 4.47. The molecule has 1 fully saturated rings. The Kier molecular flexibility index (Phi) is 4.61. The lowest BCUT2D eigenvalue weighted by Crippen LogP contribution is -2.58. The van der Waals surface area contributed by atoms with E-state index in [0.29, 0.717) is 22.0 Å². The minimum atomic E-state index is -0.639. The van der Waals surface area contributed by atoms with E-state index in [1.807, 2.05) is 0 Å². The van der Waals surface area contributed by atoms with Gasteiger partial charge in [0, 0.05) is 5.56 Å². The SMILES string of the molecule is Cc1ccc(C(=O)NC2(C(N)=S)CCC(C)CC2)cc1F. The molecule has 0 unspecified atom stereocenters. The highest BCUT2D eigenvalue weighted by atomic mass is 32.1. The van der Waals surface area contributed by atoms with Crippen molar-refractivity contribution in [3.63, 3.8) is 0 Å². The van der Waals surface area contributed by atoms with E-state index < -0.39 is 5.54 Å². The minimum Gasteiger partial charge on any atom is -0.391 e. The van der Waals surface area contributed by atoms with Gasteiger partial charge < -0.3 is 11.1 Å². The van der Waals surface area contributed by atoms with Crippen LogP contribution in [0.15, 0.2) is 18.2 Å². The van der Waals surface area contributed by atoms with Crippen LogP contribution in [0, 0.1) is 18.7 Å². The molecule has 21 heavy (non-hydrogen) atoms. The number of rotatable bonds is 3. The van der Waals surface area contributed by atoms with Crippen LogP contribution in [0.25, 0.3) is 0 Å². The van der Waals surface area contributed by atoms with Crippen molar-refractivity contribution in [2.24, 2.45) is 11.7 Å². The molecule has 0 aromatic heterocycles. The first-order valence-electron chi connectivity index (χ1n) is 7.22. The van der Waals surface area contributed by atoms with Crippen LogP contribution >= 0.6 is 12.2 Å². The van der Waals surface area contributed by atoms with Gasteiger partial charge in [-0.05, 0) is 56.2 Å². The second-order valence-electron chi connectivity index (χ2n) is 6.05. The van der Waals surface area contributed by atoms with Crippen molar-refractivity contribution in [1.29, 1.82) is 0 Å². The van der Waals surface area contributed by atoms with Crippen LogP contribution in [0.1, 0.15) is 48.5 Å². The fraction of sp³-hybridized carbons (Fsp3) is 0.500. The van der Waals surface area contributed by atoms with Gasteiger partial charge in [0.15, 0.2) is 0 Å². The summed E-state index contributed by atoms with van der Waals surface area (Å²) < 4.78 is 13.6. The van der Waals surface area contributed by atoms with E-state index in [4.69, 9.17) is 18.0 Å². The van der Waals surface area contributed by atoms with E-state index in [2.05, 4.69) is 12.2 Å². The normalized spacial score (nSPS) is 25.4. The van der Waals surface area contributed by atoms with Crippen molar-refractivity contribution in [3.05, 3.63) is 35.1 Å². The molecule has 0 atom stereocenters. The minimum absolute atomic E-state index is 0.298. The number of halogens is 1. The van der Waals surface area contributed by atoms with Crippen molar-refractivity contribution >= 4 is 23.1 Å². The quantitative estimate of drug-likeness (QED) is 0.844. The maximum Gasteiger partial charge on any atom is 0.252 e. The van der Waals surface area contributed by atoms with Crippen LogP contribution in [0.4, 0.5) is 4.39 Å². The molecule has 0 bridgehead atoms. The number of amides is 1. The predicted molar refractivity (Wildman–Crippen MR) is 85.8 cm³/mol. The summed E-state index contributed by atoms with van der Waals surface area (Å²) in [5.41, 5.74) is 6.05. The van der Waals surface area contributed by atoms with Crippen LogP contribution in [0.2, 0.25) is 0 Å². The molecule has 3 nitrogen and oxygen atoms in total. The van der Waals surface area contributed by atoms with Crippen molar-refractivity contribution < 1.29 is 9.18 Å². The number of aryl methyl sites for hydroxylation is 1. The van der Waals surface area contributed by atoms with Crippen LogP contribution < -0.4 is 11.1 Å². The highest BCUT2D eigenvalue weighted by Crippen LogP contribution is 2.32. The summed E-state index contributed by atoms with van der Waals surface area (Å²) in [7, 11) is 0. The number of carbonyl (C=O) groups excluding carboxylic acids is 1. The molecule has 1 aliphatic rings. The van der Waals surface area contributed by atoms with Gasteiger partial charge in [0.2, 0.25) is 0 Å². The van der Waals surface area contributed by atoms with Gasteiger partial charge in [0.25, 0.3) is 5.91 Å². The van der Waals surface area contributed by atoms with Gasteiger partial charge in [0.1, 0.15) is 5.82 Å². The van der Waals surface area contributed by atoms with Crippen LogP contribution in [0.5, 0.6) is 0 Å². The molecule has 1 aromatic rings. The summed E-state index contributed by atoms with van der Waals surface area (Å²) in [5, 5.41) is 2.94. The van der Waals surface area contributed by atoms with E-state index in [1.165, 1.54) is 6.07 Å². The molecule has 114 valence electrons. The fourth-order valence-electron chi connectivity index (χ4n) is 2.71. The van der Waals surface area contributed by atoms with Crippen molar-refractivity contribution in [2.75, 3.05) is 0 Å². The van der Waals surface area contributed by atoms with Crippen LogP contribution in [-0.4, -0.2) is 16.4 Å². The Bertz CT molecular complexity index is 565. The highest BCUT2D eigenvalue weighted by Gasteiger charge is 2.38. The van der Waals surface area contributed by atoms with Crippen LogP contribution in [0.3, 0.4) is 0 Å². The standard InChI is InChI=1S/C16H21FN2OS/c1-10-5-7-16(8-6-10,15(18)21)19-14(20)12-4-3-11(2)13(17)9-12/h3-4,9-10H,5-8H2,1-2H3,(H2,18,21)(H,19,20). The Morgan fingerprint density at radius 3 is 2.57 bits per heavy atom. The number of thiocarbonyl (C=S) groups is 1. The third kappa shape index (κ3) is 3.40. The maximum absolute atomic E-state index is 13.6. The van der Waals surface area contributed by atoms with Gasteiger partial charge in [-0.3, -0.25) is 4.79 Å². The molecule has 5 heteroatoms. The number of nitrogens with one attached hydrogen (secondary N) is 1. The predicted octanol–water partition coefficient (Wildman–Crippen LogP) is 3.10. The Morgan fingerprint density at radius 2 is 2.05 bits per heavy atom. The first-order valence-corrected chi connectivity index (χ1v) is 7.63. The van der Waals surface area contributed by atoms with Gasteiger partial charge in [-0.15, -0.1) is 0 Å². The van der Waals surface area contributed by atoms with E-state index in [-0.39, 0.29) is 11.7 Å². The zero-order valence-corrected chi connectivity index (χ0v) is 13.2. The molecule has 2 rings (SSSR count). The second-order valence-corrected chi connectivity index (χ2v) is 6.49. The highest BCUT2D eigenvalue weighted by molar-refractivity contribution is 7.80. The second kappa shape index (κ2) is 6.10. The molecule has 0 aliphatic heterocycles. The first-order chi connectivity index (χ1) is 9.84. The van der Waals surface area contributed by atoms with Crippen molar-refractivity contribution in [2.45, 2.75) is 45.1 Å². The summed E-state index contributed by atoms with van der Waals surface area (Å²) in [5.74, 6) is -0.0956. The molecule has 1 amide bonds. The molecule has 3 N–H and O–H groups in total. The zero-order valence-electron chi connectivity index (χ0n) is 12.4. The lowest BCUT2D eigenvalue weighted by Gasteiger charge is -2.39. The third-order valence-electron chi connectivity index (χ3n) is 4.39. The Morgan fingerprint density at radius 1 is 1.43 bits per heavy atom. The topological polar surface area (TPSA) is 55.1 Å².